The minimum Gasteiger partial charge on any atom is -0.341 e. The molecule has 1 fully saturated rings. The Morgan fingerprint density at radius 3 is 2.76 bits per heavy atom. The van der Waals surface area contributed by atoms with Gasteiger partial charge in [0, 0.05) is 18.5 Å². The van der Waals surface area contributed by atoms with Crippen LogP contribution in [0.15, 0.2) is 30.6 Å². The van der Waals surface area contributed by atoms with Crippen molar-refractivity contribution in [2.45, 2.75) is 19.8 Å². The number of H-pyrrole nitrogens is 1. The Hall–Kier alpha value is -2.96. The van der Waals surface area contributed by atoms with Gasteiger partial charge in [0.25, 0.3) is 0 Å². The van der Waals surface area contributed by atoms with Crippen molar-refractivity contribution in [2.75, 3.05) is 18.0 Å². The molecule has 0 bridgehead atoms. The number of aryl methyl sites for hydroxylation is 1. The van der Waals surface area contributed by atoms with E-state index < -0.39 is 0 Å². The maximum Gasteiger partial charge on any atom is 0.225 e. The Balaban J connectivity index is 1.73. The number of anilines is 1. The summed E-state index contributed by atoms with van der Waals surface area (Å²) < 4.78 is 15.8. The molecule has 126 valence electrons. The Morgan fingerprint density at radius 2 is 1.96 bits per heavy atom. The van der Waals surface area contributed by atoms with Gasteiger partial charge in [0.2, 0.25) is 5.95 Å². The van der Waals surface area contributed by atoms with E-state index in [0.717, 1.165) is 52.4 Å². The largest absolute Gasteiger partial charge is 0.341 e. The van der Waals surface area contributed by atoms with E-state index in [1.807, 2.05) is 17.7 Å². The lowest BCUT2D eigenvalue weighted by molar-refractivity contribution is 0.629. The van der Waals surface area contributed by atoms with Crippen LogP contribution in [0.25, 0.3) is 27.6 Å². The number of benzene rings is 1. The van der Waals surface area contributed by atoms with E-state index in [9.17, 15) is 4.39 Å². The average molecular weight is 336 g/mol. The molecule has 4 aromatic rings. The maximum atomic E-state index is 13.7. The van der Waals surface area contributed by atoms with E-state index in [2.05, 4.69) is 20.1 Å². The molecular formula is C18H17FN6. The molecule has 0 saturated carbocycles. The quantitative estimate of drug-likeness (QED) is 0.610. The van der Waals surface area contributed by atoms with Crippen molar-refractivity contribution in [1.82, 2.24) is 24.7 Å². The van der Waals surface area contributed by atoms with Gasteiger partial charge in [0.15, 0.2) is 0 Å². The van der Waals surface area contributed by atoms with Crippen molar-refractivity contribution in [3.63, 3.8) is 0 Å². The standard InChI is InChI=1S/C18H17FN6/c1-11-15(9-20-18(22-11)24-6-2-3-7-24)25-14-5-4-12(19)8-13(14)17-16(25)10-21-23-17/h4-5,8-10H,2-3,6-7H2,1H3,(H,21,23). The molecule has 0 atom stereocenters. The number of halogens is 1. The lowest BCUT2D eigenvalue weighted by atomic mass is 10.2. The van der Waals surface area contributed by atoms with Crippen molar-refractivity contribution >= 4 is 27.9 Å². The molecule has 0 spiro atoms. The fourth-order valence-electron chi connectivity index (χ4n) is 3.68. The summed E-state index contributed by atoms with van der Waals surface area (Å²) in [5.41, 5.74) is 4.39. The highest BCUT2D eigenvalue weighted by molar-refractivity contribution is 6.06. The first-order valence-electron chi connectivity index (χ1n) is 8.44. The molecular weight excluding hydrogens is 319 g/mol. The highest BCUT2D eigenvalue weighted by atomic mass is 19.1. The van der Waals surface area contributed by atoms with Crippen molar-refractivity contribution in [3.05, 3.63) is 42.1 Å². The predicted octanol–water partition coefficient (Wildman–Crippen LogP) is 3.34. The second kappa shape index (κ2) is 5.27. The van der Waals surface area contributed by atoms with Crippen LogP contribution in [0.1, 0.15) is 18.5 Å². The second-order valence-electron chi connectivity index (χ2n) is 6.46. The smallest absolute Gasteiger partial charge is 0.225 e. The summed E-state index contributed by atoms with van der Waals surface area (Å²) >= 11 is 0. The van der Waals surface area contributed by atoms with Crippen LogP contribution in [0.2, 0.25) is 0 Å². The summed E-state index contributed by atoms with van der Waals surface area (Å²) in [4.78, 5) is 11.5. The third kappa shape index (κ3) is 2.12. The van der Waals surface area contributed by atoms with Crippen LogP contribution in [0.3, 0.4) is 0 Å². The molecule has 5 rings (SSSR count). The van der Waals surface area contributed by atoms with Gasteiger partial charge >= 0.3 is 0 Å². The summed E-state index contributed by atoms with van der Waals surface area (Å²) in [5.74, 6) is 0.517. The molecule has 0 aliphatic carbocycles. The minimum absolute atomic E-state index is 0.265. The van der Waals surface area contributed by atoms with Gasteiger partial charge in [-0.2, -0.15) is 5.10 Å². The number of aromatic amines is 1. The molecule has 0 unspecified atom stereocenters. The zero-order valence-corrected chi connectivity index (χ0v) is 13.8. The topological polar surface area (TPSA) is 62.6 Å². The summed E-state index contributed by atoms with van der Waals surface area (Å²) in [5, 5.41) is 7.89. The van der Waals surface area contributed by atoms with Gasteiger partial charge < -0.3 is 9.47 Å². The molecule has 1 aliphatic heterocycles. The van der Waals surface area contributed by atoms with Gasteiger partial charge in [0.05, 0.1) is 40.3 Å². The minimum atomic E-state index is -0.265. The molecule has 0 amide bonds. The molecule has 0 radical (unpaired) electrons. The number of aromatic nitrogens is 5. The summed E-state index contributed by atoms with van der Waals surface area (Å²) in [7, 11) is 0. The number of hydrogen-bond donors (Lipinski definition) is 1. The van der Waals surface area contributed by atoms with Crippen LogP contribution in [-0.4, -0.2) is 37.8 Å². The molecule has 6 nitrogen and oxygen atoms in total. The average Bonchev–Trinajstić information content (AvgIpc) is 3.33. The van der Waals surface area contributed by atoms with E-state index in [1.54, 1.807) is 12.3 Å². The van der Waals surface area contributed by atoms with E-state index >= 15 is 0 Å². The summed E-state index contributed by atoms with van der Waals surface area (Å²) in [6.07, 6.45) is 5.98. The molecule has 1 saturated heterocycles. The molecule has 4 heterocycles. The number of rotatable bonds is 2. The highest BCUT2D eigenvalue weighted by Crippen LogP contribution is 2.32. The second-order valence-corrected chi connectivity index (χ2v) is 6.46. The number of fused-ring (bicyclic) bond motifs is 3. The van der Waals surface area contributed by atoms with Gasteiger partial charge in [-0.05, 0) is 38.0 Å². The maximum absolute atomic E-state index is 13.7. The van der Waals surface area contributed by atoms with Gasteiger partial charge in [-0.1, -0.05) is 0 Å². The molecule has 3 aromatic heterocycles. The Bertz CT molecular complexity index is 1090. The third-order valence-corrected chi connectivity index (χ3v) is 4.90. The Labute approximate surface area is 143 Å². The van der Waals surface area contributed by atoms with Crippen molar-refractivity contribution in [1.29, 1.82) is 0 Å². The first-order chi connectivity index (χ1) is 12.2. The Kier molecular flexibility index (Phi) is 3.03. The van der Waals surface area contributed by atoms with Gasteiger partial charge in [0.1, 0.15) is 5.82 Å². The van der Waals surface area contributed by atoms with Crippen LogP contribution in [0, 0.1) is 12.7 Å². The van der Waals surface area contributed by atoms with Gasteiger partial charge in [-0.3, -0.25) is 5.10 Å². The molecule has 1 aromatic carbocycles. The highest BCUT2D eigenvalue weighted by Gasteiger charge is 2.19. The number of nitrogens with one attached hydrogen (secondary N) is 1. The van der Waals surface area contributed by atoms with E-state index in [1.165, 1.54) is 25.0 Å². The first kappa shape index (κ1) is 14.4. The first-order valence-corrected chi connectivity index (χ1v) is 8.44. The van der Waals surface area contributed by atoms with Crippen LogP contribution < -0.4 is 4.90 Å². The fourth-order valence-corrected chi connectivity index (χ4v) is 3.68. The predicted molar refractivity (Wildman–Crippen MR) is 94.7 cm³/mol. The monoisotopic (exact) mass is 336 g/mol. The zero-order chi connectivity index (χ0) is 17.0. The van der Waals surface area contributed by atoms with Crippen molar-refractivity contribution in [3.8, 4) is 5.69 Å². The fraction of sp³-hybridized carbons (Fsp3) is 0.278. The van der Waals surface area contributed by atoms with Gasteiger partial charge in [-0.25, -0.2) is 14.4 Å². The van der Waals surface area contributed by atoms with E-state index in [4.69, 9.17) is 4.98 Å². The molecule has 7 heteroatoms. The number of hydrogen-bond acceptors (Lipinski definition) is 4. The number of nitrogens with zero attached hydrogens (tertiary/aromatic N) is 5. The lowest BCUT2D eigenvalue weighted by Gasteiger charge is -2.17. The lowest BCUT2D eigenvalue weighted by Crippen LogP contribution is -2.21. The van der Waals surface area contributed by atoms with E-state index in [-0.39, 0.29) is 5.82 Å². The third-order valence-electron chi connectivity index (χ3n) is 4.90. The summed E-state index contributed by atoms with van der Waals surface area (Å²) in [6.45, 7) is 4.00. The van der Waals surface area contributed by atoms with Crippen LogP contribution in [0.4, 0.5) is 10.3 Å². The van der Waals surface area contributed by atoms with Gasteiger partial charge in [-0.15, -0.1) is 0 Å². The molecule has 25 heavy (non-hydrogen) atoms. The Morgan fingerprint density at radius 1 is 1.12 bits per heavy atom. The SMILES string of the molecule is Cc1nc(N2CCCC2)ncc1-n1c2ccc(F)cc2c2[nH]ncc21. The van der Waals surface area contributed by atoms with Crippen LogP contribution >= 0.6 is 0 Å². The van der Waals surface area contributed by atoms with Crippen LogP contribution in [0.5, 0.6) is 0 Å². The zero-order valence-electron chi connectivity index (χ0n) is 13.8. The molecule has 1 N–H and O–H groups in total. The van der Waals surface area contributed by atoms with Crippen molar-refractivity contribution in [2.24, 2.45) is 0 Å². The van der Waals surface area contributed by atoms with E-state index in [0.29, 0.717) is 0 Å². The van der Waals surface area contributed by atoms with Crippen molar-refractivity contribution < 1.29 is 4.39 Å². The summed E-state index contributed by atoms with van der Waals surface area (Å²) in [6, 6.07) is 4.79. The van der Waals surface area contributed by atoms with Crippen LogP contribution in [-0.2, 0) is 0 Å². The molecule has 1 aliphatic rings. The normalized spacial score (nSPS) is 14.9.